The van der Waals surface area contributed by atoms with Gasteiger partial charge in [-0.05, 0) is 60.2 Å². The average molecular weight is 726 g/mol. The summed E-state index contributed by atoms with van der Waals surface area (Å²) in [5.41, 5.74) is 7.28. The molecule has 2 fully saturated rings. The Kier molecular flexibility index (Phi) is 9.56. The maximum atomic E-state index is 13.2. The number of amides is 1. The molecule has 6 rings (SSSR count). The molecule has 6 N–H and O–H groups in total. The van der Waals surface area contributed by atoms with E-state index >= 15 is 0 Å². The van der Waals surface area contributed by atoms with Crippen molar-refractivity contribution in [3.8, 4) is 11.5 Å². The predicted octanol–water partition coefficient (Wildman–Crippen LogP) is 0.977. The van der Waals surface area contributed by atoms with Crippen molar-refractivity contribution in [1.82, 2.24) is 24.4 Å². The normalized spacial score (nSPS) is 25.6. The number of carbonyl (C=O) groups excluding carboxylic acids is 1. The number of likely N-dealkylation sites (tertiary alicyclic amines) is 1. The molecule has 2 saturated heterocycles. The van der Waals surface area contributed by atoms with E-state index in [2.05, 4.69) is 25.9 Å². The van der Waals surface area contributed by atoms with Gasteiger partial charge in [-0.15, -0.1) is 0 Å². The highest BCUT2D eigenvalue weighted by molar-refractivity contribution is 9.10. The van der Waals surface area contributed by atoms with E-state index < -0.39 is 42.8 Å². The highest BCUT2D eigenvalue weighted by atomic mass is 79.9. The quantitative estimate of drug-likeness (QED) is 0.207. The standard InChI is InChI=1S/C28H33BrN6O10S/c1-12(44-27-21(38)19(36)20(37)22(45-27)26(40)41)25(39)34-5-2-13(3-6-34)4-7-35-24-18(23(30)31-10-32-24)33-28(35)46-17-9-16-15(8-14(17)29)42-11-43-16/h8-10,12-13,19-22,27,36-38H,2-7,11H2,1H3,(H,40,41)(H2,30,31,32)/t12-,19-,20-,21+,22-,27+/m0/s1. The second-order valence-corrected chi connectivity index (χ2v) is 13.1. The number of carboxylic acids is 1. The molecule has 1 aromatic carbocycles. The first-order valence-electron chi connectivity index (χ1n) is 14.6. The molecule has 3 aliphatic heterocycles. The number of fused-ring (bicyclic) bond motifs is 2. The van der Waals surface area contributed by atoms with Crippen LogP contribution in [-0.2, 0) is 25.6 Å². The van der Waals surface area contributed by atoms with E-state index in [4.69, 9.17) is 29.7 Å². The Balaban J connectivity index is 1.07. The van der Waals surface area contributed by atoms with Gasteiger partial charge >= 0.3 is 5.97 Å². The molecule has 0 aliphatic carbocycles. The lowest BCUT2D eigenvalue weighted by molar-refractivity contribution is -0.301. The summed E-state index contributed by atoms with van der Waals surface area (Å²) < 4.78 is 24.6. The molecule has 3 aromatic rings. The Labute approximate surface area is 274 Å². The largest absolute Gasteiger partial charge is 0.479 e. The fourth-order valence-corrected chi connectivity index (χ4v) is 7.23. The van der Waals surface area contributed by atoms with Crippen LogP contribution in [0.4, 0.5) is 5.82 Å². The van der Waals surface area contributed by atoms with Crippen LogP contribution in [0.1, 0.15) is 26.2 Å². The van der Waals surface area contributed by atoms with Gasteiger partial charge in [-0.2, -0.15) is 0 Å². The molecule has 0 bridgehead atoms. The number of carbonyl (C=O) groups is 2. The van der Waals surface area contributed by atoms with E-state index in [0.717, 1.165) is 28.6 Å². The summed E-state index contributed by atoms with van der Waals surface area (Å²) in [7, 11) is 0. The lowest BCUT2D eigenvalue weighted by Crippen LogP contribution is -2.61. The number of aromatic nitrogens is 4. The van der Waals surface area contributed by atoms with E-state index in [1.54, 1.807) is 4.90 Å². The minimum atomic E-state index is -1.84. The summed E-state index contributed by atoms with van der Waals surface area (Å²) in [6.45, 7) is 3.17. The van der Waals surface area contributed by atoms with E-state index in [1.165, 1.54) is 25.0 Å². The average Bonchev–Trinajstić information content (AvgIpc) is 3.64. The van der Waals surface area contributed by atoms with Gasteiger partial charge in [0.1, 0.15) is 30.7 Å². The van der Waals surface area contributed by atoms with Gasteiger partial charge in [-0.25, -0.2) is 19.7 Å². The molecule has 6 atom stereocenters. The van der Waals surface area contributed by atoms with Crippen LogP contribution in [0.2, 0.25) is 0 Å². The van der Waals surface area contributed by atoms with Crippen molar-refractivity contribution in [3.63, 3.8) is 0 Å². The van der Waals surface area contributed by atoms with Gasteiger partial charge in [-0.3, -0.25) is 4.79 Å². The number of imidazole rings is 1. The summed E-state index contributed by atoms with van der Waals surface area (Å²) in [6.07, 6.45) is -6.24. The summed E-state index contributed by atoms with van der Waals surface area (Å²) in [6, 6.07) is 3.75. The second kappa shape index (κ2) is 13.5. The number of nitrogens with two attached hydrogens (primary N) is 1. The van der Waals surface area contributed by atoms with Gasteiger partial charge in [0.05, 0.1) is 0 Å². The zero-order chi connectivity index (χ0) is 32.7. The van der Waals surface area contributed by atoms with Gasteiger partial charge in [-0.1, -0.05) is 11.8 Å². The van der Waals surface area contributed by atoms with Crippen molar-refractivity contribution < 1.29 is 49.0 Å². The summed E-state index contributed by atoms with van der Waals surface area (Å²) in [5.74, 6) is 0.00651. The molecule has 248 valence electrons. The number of aliphatic carboxylic acids is 1. The molecule has 1 amide bonds. The van der Waals surface area contributed by atoms with Crippen LogP contribution < -0.4 is 15.2 Å². The highest BCUT2D eigenvalue weighted by Gasteiger charge is 2.48. The van der Waals surface area contributed by atoms with Crippen LogP contribution in [-0.4, -0.2) is 113 Å². The maximum absolute atomic E-state index is 13.2. The number of nitrogens with zero attached hydrogens (tertiary/aromatic N) is 5. The highest BCUT2D eigenvalue weighted by Crippen LogP contribution is 2.43. The molecular formula is C28H33BrN6O10S. The van der Waals surface area contributed by atoms with E-state index in [0.29, 0.717) is 53.4 Å². The van der Waals surface area contributed by atoms with Gasteiger partial charge in [0, 0.05) is 29.0 Å². The molecule has 2 aromatic heterocycles. The van der Waals surface area contributed by atoms with Crippen molar-refractivity contribution in [3.05, 3.63) is 22.9 Å². The number of aliphatic hydroxyl groups excluding tert-OH is 3. The third-order valence-corrected chi connectivity index (χ3v) is 10.3. The van der Waals surface area contributed by atoms with Crippen LogP contribution in [0.15, 0.2) is 33.0 Å². The minimum Gasteiger partial charge on any atom is -0.479 e. The first-order chi connectivity index (χ1) is 22.0. The molecule has 0 radical (unpaired) electrons. The molecule has 3 aliphatic rings. The number of aliphatic hydroxyl groups is 3. The molecule has 18 heteroatoms. The first kappa shape index (κ1) is 32.7. The summed E-state index contributed by atoms with van der Waals surface area (Å²) in [5, 5.41) is 40.1. The fourth-order valence-electron chi connectivity index (χ4n) is 5.72. The lowest BCUT2D eigenvalue weighted by atomic mass is 9.93. The molecule has 5 heterocycles. The van der Waals surface area contributed by atoms with Gasteiger partial charge < -0.3 is 54.6 Å². The first-order valence-corrected chi connectivity index (χ1v) is 16.2. The number of ether oxygens (including phenoxy) is 4. The van der Waals surface area contributed by atoms with E-state index in [1.807, 2.05) is 16.7 Å². The molecule has 0 saturated carbocycles. The van der Waals surface area contributed by atoms with Crippen LogP contribution in [0.25, 0.3) is 11.2 Å². The topological polar surface area (TPSA) is 225 Å². The second-order valence-electron chi connectivity index (χ2n) is 11.3. The number of nitrogen functional groups attached to an aromatic ring is 1. The molecule has 46 heavy (non-hydrogen) atoms. The third kappa shape index (κ3) is 6.47. The Morgan fingerprint density at radius 1 is 1.13 bits per heavy atom. The fraction of sp³-hybridized carbons (Fsp3) is 0.536. The van der Waals surface area contributed by atoms with Gasteiger partial charge in [0.25, 0.3) is 5.91 Å². The molecule has 0 spiro atoms. The van der Waals surface area contributed by atoms with Crippen molar-refractivity contribution in [2.24, 2.45) is 5.92 Å². The number of anilines is 1. The number of rotatable bonds is 9. The van der Waals surface area contributed by atoms with Crippen LogP contribution >= 0.6 is 27.7 Å². The van der Waals surface area contributed by atoms with E-state index in [9.17, 15) is 30.0 Å². The Bertz CT molecular complexity index is 1620. The Morgan fingerprint density at radius 3 is 2.57 bits per heavy atom. The molecular weight excluding hydrogens is 692 g/mol. The molecule has 0 unspecified atom stereocenters. The monoisotopic (exact) mass is 724 g/mol. The number of halogens is 1. The van der Waals surface area contributed by atoms with E-state index in [-0.39, 0.29) is 18.5 Å². The number of piperidine rings is 1. The Morgan fingerprint density at radius 2 is 1.85 bits per heavy atom. The van der Waals surface area contributed by atoms with Crippen molar-refractivity contribution >= 4 is 56.6 Å². The van der Waals surface area contributed by atoms with Crippen molar-refractivity contribution in [2.75, 3.05) is 25.6 Å². The predicted molar refractivity (Wildman–Crippen MR) is 163 cm³/mol. The van der Waals surface area contributed by atoms with Crippen molar-refractivity contribution in [2.45, 2.75) is 79.6 Å². The summed E-state index contributed by atoms with van der Waals surface area (Å²) >= 11 is 5.05. The van der Waals surface area contributed by atoms with Crippen molar-refractivity contribution in [1.29, 1.82) is 0 Å². The lowest BCUT2D eigenvalue weighted by Gasteiger charge is -2.40. The third-order valence-electron chi connectivity index (χ3n) is 8.34. The van der Waals surface area contributed by atoms with Crippen LogP contribution in [0.3, 0.4) is 0 Å². The smallest absolute Gasteiger partial charge is 0.335 e. The van der Waals surface area contributed by atoms with Crippen LogP contribution in [0.5, 0.6) is 11.5 Å². The Hall–Kier alpha value is -3.26. The SMILES string of the molecule is C[C@H](O[C@@H]1O[C@H](C(=O)O)[C@@H](O)[C@H](O)[C@H]1O)C(=O)N1CCC(CCn2c(Sc3cc4c(cc3Br)OCO4)nc3c(N)ncnc32)CC1. The number of aryl methyl sites for hydroxylation is 1. The number of hydrogen-bond acceptors (Lipinski definition) is 14. The number of carboxylic acid groups (broad SMARTS) is 1. The zero-order valence-electron chi connectivity index (χ0n) is 24.6. The minimum absolute atomic E-state index is 0.164. The molecule has 16 nitrogen and oxygen atoms in total. The number of benzene rings is 1. The van der Waals surface area contributed by atoms with Gasteiger partial charge in [0.15, 0.2) is 46.0 Å². The summed E-state index contributed by atoms with van der Waals surface area (Å²) in [4.78, 5) is 40.4. The number of hydrogen-bond donors (Lipinski definition) is 5. The van der Waals surface area contributed by atoms with Crippen LogP contribution in [0, 0.1) is 5.92 Å². The zero-order valence-corrected chi connectivity index (χ0v) is 27.0. The van der Waals surface area contributed by atoms with Gasteiger partial charge in [0.2, 0.25) is 6.79 Å². The maximum Gasteiger partial charge on any atom is 0.335 e.